The molecule has 0 aliphatic rings. The van der Waals surface area contributed by atoms with Crippen molar-refractivity contribution in [1.29, 1.82) is 5.26 Å². The second-order valence-corrected chi connectivity index (χ2v) is 4.61. The molecule has 0 unspecified atom stereocenters. The Morgan fingerprint density at radius 1 is 1.53 bits per heavy atom. The molecule has 5 nitrogen and oxygen atoms in total. The molecule has 0 aliphatic carbocycles. The van der Waals surface area contributed by atoms with E-state index < -0.39 is 0 Å². The van der Waals surface area contributed by atoms with Gasteiger partial charge in [-0.25, -0.2) is 4.98 Å². The van der Waals surface area contributed by atoms with Crippen LogP contribution in [0.5, 0.6) is 0 Å². The summed E-state index contributed by atoms with van der Waals surface area (Å²) in [6.45, 7) is 0. The topological polar surface area (TPSA) is 88.5 Å². The lowest BCUT2D eigenvalue weighted by molar-refractivity contribution is 1.00. The van der Waals surface area contributed by atoms with Crippen molar-refractivity contribution < 1.29 is 0 Å². The second kappa shape index (κ2) is 4.25. The number of rotatable bonds is 2. The molecule has 15 heavy (non-hydrogen) atoms. The Morgan fingerprint density at radius 3 is 3.07 bits per heavy atom. The van der Waals surface area contributed by atoms with Gasteiger partial charge >= 0.3 is 0 Å². The first kappa shape index (κ1) is 9.89. The van der Waals surface area contributed by atoms with Gasteiger partial charge < -0.3 is 5.73 Å². The van der Waals surface area contributed by atoms with E-state index in [-0.39, 0.29) is 0 Å². The molecule has 0 saturated heterocycles. The standard InChI is InChI=1S/C8H5N5S2/c9-2-5-1-6(10)3-11-7(5)15-8-13-12-4-14-8/h1,3-4H,10H2. The molecule has 0 saturated carbocycles. The van der Waals surface area contributed by atoms with E-state index in [0.717, 1.165) is 4.34 Å². The molecule has 74 valence electrons. The maximum absolute atomic E-state index is 8.88. The van der Waals surface area contributed by atoms with Crippen molar-refractivity contribution in [2.45, 2.75) is 9.37 Å². The highest BCUT2D eigenvalue weighted by Crippen LogP contribution is 2.29. The smallest absolute Gasteiger partial charge is 0.180 e. The molecule has 2 heterocycles. The van der Waals surface area contributed by atoms with E-state index in [9.17, 15) is 0 Å². The molecule has 0 aromatic carbocycles. The van der Waals surface area contributed by atoms with Crippen molar-refractivity contribution in [2.24, 2.45) is 0 Å². The Morgan fingerprint density at radius 2 is 2.40 bits per heavy atom. The van der Waals surface area contributed by atoms with Crippen LogP contribution in [0, 0.1) is 11.3 Å². The molecule has 7 heteroatoms. The van der Waals surface area contributed by atoms with Crippen LogP contribution < -0.4 is 5.73 Å². The molecule has 2 aromatic rings. The van der Waals surface area contributed by atoms with Crippen LogP contribution in [-0.4, -0.2) is 15.2 Å². The SMILES string of the molecule is N#Cc1cc(N)cnc1Sc1nncs1. The zero-order valence-corrected chi connectivity index (χ0v) is 9.05. The Labute approximate surface area is 94.0 Å². The molecule has 0 fully saturated rings. The second-order valence-electron chi connectivity index (χ2n) is 2.54. The summed E-state index contributed by atoms with van der Waals surface area (Å²) in [7, 11) is 0. The van der Waals surface area contributed by atoms with Crippen LogP contribution in [-0.2, 0) is 0 Å². The molecule has 0 aliphatic heterocycles. The number of nitrogens with zero attached hydrogens (tertiary/aromatic N) is 4. The van der Waals surface area contributed by atoms with Crippen molar-refractivity contribution in [3.8, 4) is 6.07 Å². The molecule has 2 N–H and O–H groups in total. The van der Waals surface area contributed by atoms with Crippen molar-refractivity contribution in [1.82, 2.24) is 15.2 Å². The van der Waals surface area contributed by atoms with Gasteiger partial charge in [-0.1, -0.05) is 11.3 Å². The number of anilines is 1. The Kier molecular flexibility index (Phi) is 2.80. The minimum atomic E-state index is 0.454. The van der Waals surface area contributed by atoms with Crippen molar-refractivity contribution >= 4 is 28.8 Å². The molecule has 0 bridgehead atoms. The van der Waals surface area contributed by atoms with Gasteiger partial charge in [0.05, 0.1) is 17.4 Å². The summed E-state index contributed by atoms with van der Waals surface area (Å²) < 4.78 is 0.753. The van der Waals surface area contributed by atoms with Gasteiger partial charge in [-0.2, -0.15) is 5.26 Å². The van der Waals surface area contributed by atoms with Gasteiger partial charge in [0.15, 0.2) is 4.34 Å². The molecular weight excluding hydrogens is 230 g/mol. The van der Waals surface area contributed by atoms with Crippen LogP contribution in [0.4, 0.5) is 5.69 Å². The van der Waals surface area contributed by atoms with Gasteiger partial charge in [-0.05, 0) is 17.8 Å². The summed E-state index contributed by atoms with van der Waals surface area (Å²) in [4.78, 5) is 4.08. The monoisotopic (exact) mass is 235 g/mol. The molecule has 0 atom stereocenters. The minimum Gasteiger partial charge on any atom is -0.397 e. The normalized spacial score (nSPS) is 9.80. The van der Waals surface area contributed by atoms with E-state index >= 15 is 0 Å². The predicted octanol–water partition coefficient (Wildman–Crippen LogP) is 1.54. The van der Waals surface area contributed by atoms with E-state index in [2.05, 4.69) is 15.2 Å². The van der Waals surface area contributed by atoms with E-state index in [4.69, 9.17) is 11.0 Å². The zero-order valence-electron chi connectivity index (χ0n) is 7.41. The van der Waals surface area contributed by atoms with Gasteiger partial charge in [-0.15, -0.1) is 10.2 Å². The van der Waals surface area contributed by atoms with E-state index in [1.807, 2.05) is 6.07 Å². The third kappa shape index (κ3) is 2.23. The molecule has 2 aromatic heterocycles. The van der Waals surface area contributed by atoms with Crippen LogP contribution in [0.15, 0.2) is 27.1 Å². The van der Waals surface area contributed by atoms with Crippen LogP contribution >= 0.6 is 23.1 Å². The summed E-state index contributed by atoms with van der Waals surface area (Å²) in [6, 6.07) is 3.64. The fraction of sp³-hybridized carbons (Fsp3) is 0. The molecule has 0 amide bonds. The summed E-state index contributed by atoms with van der Waals surface area (Å²) in [5.74, 6) is 0. The van der Waals surface area contributed by atoms with Crippen LogP contribution in [0.2, 0.25) is 0 Å². The Hall–Kier alpha value is -1.65. The summed E-state index contributed by atoms with van der Waals surface area (Å²) in [6.07, 6.45) is 1.52. The average molecular weight is 235 g/mol. The predicted molar refractivity (Wildman–Crippen MR) is 57.4 cm³/mol. The van der Waals surface area contributed by atoms with Gasteiger partial charge in [-0.3, -0.25) is 0 Å². The van der Waals surface area contributed by atoms with E-state index in [1.54, 1.807) is 11.6 Å². The third-order valence-corrected chi connectivity index (χ3v) is 3.31. The first-order valence-electron chi connectivity index (χ1n) is 3.89. The number of nitrogen functional groups attached to an aromatic ring is 1. The first-order chi connectivity index (χ1) is 7.29. The highest BCUT2D eigenvalue weighted by Gasteiger charge is 2.08. The third-order valence-electron chi connectivity index (χ3n) is 1.52. The minimum absolute atomic E-state index is 0.454. The maximum atomic E-state index is 8.88. The summed E-state index contributed by atoms with van der Waals surface area (Å²) in [5, 5.41) is 17.0. The van der Waals surface area contributed by atoms with Gasteiger partial charge in [0.2, 0.25) is 0 Å². The Bertz CT molecular complexity index is 502. The fourth-order valence-electron chi connectivity index (χ4n) is 0.920. The Balaban J connectivity index is 2.33. The number of nitrogens with two attached hydrogens (primary N) is 1. The van der Waals surface area contributed by atoms with Crippen LogP contribution in [0.1, 0.15) is 5.56 Å². The largest absolute Gasteiger partial charge is 0.397 e. The highest BCUT2D eigenvalue weighted by molar-refractivity contribution is 8.01. The molecule has 0 spiro atoms. The lowest BCUT2D eigenvalue weighted by atomic mass is 10.3. The number of aromatic nitrogens is 3. The summed E-state index contributed by atoms with van der Waals surface area (Å²) in [5.41, 5.74) is 8.09. The number of nitriles is 1. The first-order valence-corrected chi connectivity index (χ1v) is 5.59. The molecular formula is C8H5N5S2. The maximum Gasteiger partial charge on any atom is 0.180 e. The van der Waals surface area contributed by atoms with Gasteiger partial charge in [0.1, 0.15) is 16.6 Å². The fourth-order valence-corrected chi connectivity index (χ4v) is 2.33. The van der Waals surface area contributed by atoms with Crippen LogP contribution in [0.3, 0.4) is 0 Å². The van der Waals surface area contributed by atoms with Gasteiger partial charge in [0, 0.05) is 0 Å². The number of pyridine rings is 1. The number of hydrogen-bond acceptors (Lipinski definition) is 7. The lowest BCUT2D eigenvalue weighted by Gasteiger charge is -1.99. The van der Waals surface area contributed by atoms with Crippen LogP contribution in [0.25, 0.3) is 0 Å². The quantitative estimate of drug-likeness (QED) is 0.849. The lowest BCUT2D eigenvalue weighted by Crippen LogP contribution is -1.91. The molecule has 2 rings (SSSR count). The summed E-state index contributed by atoms with van der Waals surface area (Å²) >= 11 is 2.71. The highest BCUT2D eigenvalue weighted by atomic mass is 32.2. The van der Waals surface area contributed by atoms with Crippen molar-refractivity contribution in [2.75, 3.05) is 5.73 Å². The van der Waals surface area contributed by atoms with E-state index in [0.29, 0.717) is 16.3 Å². The van der Waals surface area contributed by atoms with Crippen molar-refractivity contribution in [3.63, 3.8) is 0 Å². The zero-order chi connectivity index (χ0) is 10.7. The number of hydrogen-bond donors (Lipinski definition) is 1. The van der Waals surface area contributed by atoms with Gasteiger partial charge in [0.25, 0.3) is 0 Å². The average Bonchev–Trinajstić information content (AvgIpc) is 2.73. The van der Waals surface area contributed by atoms with E-state index in [1.165, 1.54) is 29.3 Å². The van der Waals surface area contributed by atoms with Crippen molar-refractivity contribution in [3.05, 3.63) is 23.3 Å². The molecule has 0 radical (unpaired) electrons.